The molecule has 0 aliphatic carbocycles. The van der Waals surface area contributed by atoms with Crippen molar-refractivity contribution in [2.75, 3.05) is 0 Å². The van der Waals surface area contributed by atoms with Crippen molar-refractivity contribution in [3.63, 3.8) is 0 Å². The number of ether oxygens (including phenoxy) is 1. The summed E-state index contributed by atoms with van der Waals surface area (Å²) in [5, 5.41) is 13.4. The second-order valence-corrected chi connectivity index (χ2v) is 4.18. The Hall–Kier alpha value is -1.65. The van der Waals surface area contributed by atoms with E-state index in [1.165, 1.54) is 5.56 Å². The van der Waals surface area contributed by atoms with E-state index in [9.17, 15) is 0 Å². The topological polar surface area (TPSA) is 47.3 Å². The van der Waals surface area contributed by atoms with E-state index in [2.05, 4.69) is 17.2 Å². The Kier molecular flexibility index (Phi) is 2.66. The summed E-state index contributed by atoms with van der Waals surface area (Å²) < 4.78 is 7.73. The predicted octanol–water partition coefficient (Wildman–Crippen LogP) is 1.65. The van der Waals surface area contributed by atoms with Gasteiger partial charge in [-0.15, -0.1) is 0 Å². The molecule has 1 N–H and O–H groups in total. The van der Waals surface area contributed by atoms with E-state index < -0.39 is 0 Å². The molecule has 0 amide bonds. The van der Waals surface area contributed by atoms with Crippen LogP contribution in [0.5, 0.6) is 0 Å². The summed E-state index contributed by atoms with van der Waals surface area (Å²) in [6.07, 6.45) is 0.0511. The fourth-order valence-corrected chi connectivity index (χ4v) is 2.13. The number of rotatable bonds is 2. The second-order valence-electron chi connectivity index (χ2n) is 4.18. The molecule has 0 bridgehead atoms. The van der Waals surface area contributed by atoms with Crippen molar-refractivity contribution in [2.24, 2.45) is 0 Å². The van der Waals surface area contributed by atoms with E-state index in [0.717, 1.165) is 5.69 Å². The zero-order valence-electron chi connectivity index (χ0n) is 9.41. The van der Waals surface area contributed by atoms with Gasteiger partial charge in [0.15, 0.2) is 0 Å². The third kappa shape index (κ3) is 1.97. The first-order valence-electron chi connectivity index (χ1n) is 5.70. The molecule has 0 spiro atoms. The summed E-state index contributed by atoms with van der Waals surface area (Å²) in [7, 11) is 0. The molecule has 1 aliphatic rings. The van der Waals surface area contributed by atoms with E-state index in [1.54, 1.807) is 0 Å². The zero-order valence-corrected chi connectivity index (χ0v) is 9.41. The Morgan fingerprint density at radius 2 is 2.18 bits per heavy atom. The standard InChI is InChI=1S/C13H14N2O2/c16-8-11-6-12-9-17-13(7-15(12)14-11)10-4-2-1-3-5-10/h1-6,13,16H,7-9H2/t13-/m1/s1. The van der Waals surface area contributed by atoms with Crippen LogP contribution in [-0.2, 0) is 24.5 Å². The molecule has 2 heterocycles. The van der Waals surface area contributed by atoms with Crippen LogP contribution in [0.15, 0.2) is 36.4 Å². The number of fused-ring (bicyclic) bond motifs is 1. The minimum atomic E-state index is -0.0179. The maximum atomic E-state index is 9.05. The van der Waals surface area contributed by atoms with Crippen LogP contribution in [0, 0.1) is 0 Å². The molecule has 0 saturated heterocycles. The summed E-state index contributed by atoms with van der Waals surface area (Å²) >= 11 is 0. The van der Waals surface area contributed by atoms with Crippen LogP contribution < -0.4 is 0 Å². The van der Waals surface area contributed by atoms with Crippen molar-refractivity contribution >= 4 is 0 Å². The van der Waals surface area contributed by atoms with E-state index >= 15 is 0 Å². The summed E-state index contributed by atoms with van der Waals surface area (Å²) in [5.74, 6) is 0. The number of hydrogen-bond acceptors (Lipinski definition) is 3. The third-order valence-electron chi connectivity index (χ3n) is 3.02. The lowest BCUT2D eigenvalue weighted by atomic mass is 10.1. The second kappa shape index (κ2) is 4.31. The molecule has 1 atom stereocenters. The molecular formula is C13H14N2O2. The van der Waals surface area contributed by atoms with E-state index in [-0.39, 0.29) is 12.7 Å². The predicted molar refractivity (Wildman–Crippen MR) is 62.1 cm³/mol. The van der Waals surface area contributed by atoms with Gasteiger partial charge in [-0.1, -0.05) is 30.3 Å². The van der Waals surface area contributed by atoms with Gasteiger partial charge in [0.2, 0.25) is 0 Å². The summed E-state index contributed by atoms with van der Waals surface area (Å²) in [4.78, 5) is 0. The van der Waals surface area contributed by atoms with Gasteiger partial charge in [0.25, 0.3) is 0 Å². The Balaban J connectivity index is 1.85. The minimum Gasteiger partial charge on any atom is -0.390 e. The van der Waals surface area contributed by atoms with Crippen molar-refractivity contribution in [1.29, 1.82) is 0 Å². The highest BCUT2D eigenvalue weighted by Crippen LogP contribution is 2.26. The van der Waals surface area contributed by atoms with Crippen LogP contribution in [0.1, 0.15) is 23.1 Å². The Labute approximate surface area is 99.5 Å². The maximum absolute atomic E-state index is 9.05. The molecular weight excluding hydrogens is 216 g/mol. The molecule has 88 valence electrons. The highest BCUT2D eigenvalue weighted by molar-refractivity contribution is 5.19. The largest absolute Gasteiger partial charge is 0.390 e. The maximum Gasteiger partial charge on any atom is 0.103 e. The lowest BCUT2D eigenvalue weighted by Crippen LogP contribution is -2.21. The first kappa shape index (κ1) is 10.5. The minimum absolute atomic E-state index is 0.0179. The van der Waals surface area contributed by atoms with Crippen LogP contribution in [0.2, 0.25) is 0 Å². The van der Waals surface area contributed by atoms with Gasteiger partial charge in [-0.05, 0) is 11.6 Å². The highest BCUT2D eigenvalue weighted by Gasteiger charge is 2.21. The monoisotopic (exact) mass is 230 g/mol. The van der Waals surface area contributed by atoms with Crippen LogP contribution in [0.3, 0.4) is 0 Å². The van der Waals surface area contributed by atoms with E-state index in [0.29, 0.717) is 18.8 Å². The highest BCUT2D eigenvalue weighted by atomic mass is 16.5. The van der Waals surface area contributed by atoms with Crippen molar-refractivity contribution in [3.05, 3.63) is 53.3 Å². The van der Waals surface area contributed by atoms with Gasteiger partial charge in [-0.3, -0.25) is 4.68 Å². The van der Waals surface area contributed by atoms with Gasteiger partial charge in [0.1, 0.15) is 6.10 Å². The Morgan fingerprint density at radius 3 is 2.94 bits per heavy atom. The summed E-state index contributed by atoms with van der Waals surface area (Å²) in [6, 6.07) is 12.0. The normalized spacial score (nSPS) is 19.0. The zero-order chi connectivity index (χ0) is 11.7. The van der Waals surface area contributed by atoms with E-state index in [1.807, 2.05) is 28.9 Å². The molecule has 1 aromatic heterocycles. The number of nitrogens with zero attached hydrogens (tertiary/aromatic N) is 2. The molecule has 0 unspecified atom stereocenters. The van der Waals surface area contributed by atoms with Gasteiger partial charge in [-0.2, -0.15) is 5.10 Å². The smallest absolute Gasteiger partial charge is 0.103 e. The molecule has 1 aromatic carbocycles. The van der Waals surface area contributed by atoms with Crippen LogP contribution in [0.25, 0.3) is 0 Å². The molecule has 17 heavy (non-hydrogen) atoms. The number of aliphatic hydroxyl groups excluding tert-OH is 1. The summed E-state index contributed by atoms with van der Waals surface area (Å²) in [5.41, 5.74) is 2.90. The molecule has 0 saturated carbocycles. The quantitative estimate of drug-likeness (QED) is 0.853. The van der Waals surface area contributed by atoms with Gasteiger partial charge in [0, 0.05) is 0 Å². The molecule has 1 aliphatic heterocycles. The number of aliphatic hydroxyl groups is 1. The Morgan fingerprint density at radius 1 is 1.35 bits per heavy atom. The summed E-state index contributed by atoms with van der Waals surface area (Å²) in [6.45, 7) is 1.24. The Bertz CT molecular complexity index is 507. The van der Waals surface area contributed by atoms with Crippen LogP contribution in [-0.4, -0.2) is 14.9 Å². The van der Waals surface area contributed by atoms with Crippen molar-refractivity contribution < 1.29 is 9.84 Å². The first-order chi connectivity index (χ1) is 8.36. The average molecular weight is 230 g/mol. The van der Waals surface area contributed by atoms with Gasteiger partial charge >= 0.3 is 0 Å². The van der Waals surface area contributed by atoms with Crippen molar-refractivity contribution in [2.45, 2.75) is 25.9 Å². The number of hydrogen-bond donors (Lipinski definition) is 1. The lowest BCUT2D eigenvalue weighted by Gasteiger charge is -2.24. The van der Waals surface area contributed by atoms with Crippen LogP contribution >= 0.6 is 0 Å². The molecule has 4 nitrogen and oxygen atoms in total. The lowest BCUT2D eigenvalue weighted by molar-refractivity contribution is -0.00124. The SMILES string of the molecule is OCc1cc2n(n1)C[C@H](c1ccccc1)OC2. The molecule has 0 fully saturated rings. The number of aromatic nitrogens is 2. The average Bonchev–Trinajstić information content (AvgIpc) is 2.81. The van der Waals surface area contributed by atoms with Gasteiger partial charge < -0.3 is 9.84 Å². The van der Waals surface area contributed by atoms with Gasteiger partial charge in [-0.25, -0.2) is 0 Å². The first-order valence-corrected chi connectivity index (χ1v) is 5.70. The molecule has 3 rings (SSSR count). The molecule has 4 heteroatoms. The number of benzene rings is 1. The molecule has 2 aromatic rings. The third-order valence-corrected chi connectivity index (χ3v) is 3.02. The van der Waals surface area contributed by atoms with Gasteiger partial charge in [0.05, 0.1) is 31.1 Å². The van der Waals surface area contributed by atoms with Crippen molar-refractivity contribution in [3.8, 4) is 0 Å². The molecule has 0 radical (unpaired) electrons. The fourth-order valence-electron chi connectivity index (χ4n) is 2.13. The fraction of sp³-hybridized carbons (Fsp3) is 0.308. The van der Waals surface area contributed by atoms with E-state index in [4.69, 9.17) is 9.84 Å². The van der Waals surface area contributed by atoms with Crippen LogP contribution in [0.4, 0.5) is 0 Å². The van der Waals surface area contributed by atoms with Crippen molar-refractivity contribution in [1.82, 2.24) is 9.78 Å².